The molecule has 1 fully saturated rings. The van der Waals surface area contributed by atoms with Gasteiger partial charge in [0.15, 0.2) is 0 Å². The molecule has 4 nitrogen and oxygen atoms in total. The highest BCUT2D eigenvalue weighted by Crippen LogP contribution is 2.12. The molecule has 1 rings (SSSR count). The van der Waals surface area contributed by atoms with Gasteiger partial charge in [-0.1, -0.05) is 13.3 Å². The number of aliphatic hydroxyl groups is 2. The van der Waals surface area contributed by atoms with Crippen LogP contribution in [0.1, 0.15) is 32.6 Å². The summed E-state index contributed by atoms with van der Waals surface area (Å²) < 4.78 is 0. The van der Waals surface area contributed by atoms with Crippen molar-refractivity contribution < 1.29 is 15.0 Å². The van der Waals surface area contributed by atoms with Crippen LogP contribution in [0.3, 0.4) is 0 Å². The van der Waals surface area contributed by atoms with Crippen molar-refractivity contribution >= 4 is 5.91 Å². The number of nitrogens with zero attached hydrogens (tertiary/aromatic N) is 1. The molecule has 0 radical (unpaired) electrons. The van der Waals surface area contributed by atoms with Gasteiger partial charge in [0.1, 0.15) is 6.10 Å². The van der Waals surface area contributed by atoms with E-state index < -0.39 is 12.2 Å². The Morgan fingerprint density at radius 3 is 2.93 bits per heavy atom. The number of hydrogen-bond acceptors (Lipinski definition) is 3. The Hall–Kier alpha value is -0.610. The molecule has 2 N–H and O–H groups in total. The van der Waals surface area contributed by atoms with Crippen LogP contribution in [0.15, 0.2) is 0 Å². The Kier molecular flexibility index (Phi) is 4.35. The lowest BCUT2D eigenvalue weighted by Gasteiger charge is -2.31. The molecule has 2 atom stereocenters. The van der Waals surface area contributed by atoms with E-state index in [-0.39, 0.29) is 5.91 Å². The van der Waals surface area contributed by atoms with Crippen LogP contribution in [0, 0.1) is 0 Å². The molecule has 0 spiro atoms. The quantitative estimate of drug-likeness (QED) is 0.682. The number of likely N-dealkylation sites (tertiary alicyclic amines) is 1. The SMILES string of the molecule is CCCC(O)C(=O)N1CCCC(O)C1. The van der Waals surface area contributed by atoms with Crippen LogP contribution in [-0.2, 0) is 4.79 Å². The Morgan fingerprint density at radius 2 is 2.36 bits per heavy atom. The first-order valence-electron chi connectivity index (χ1n) is 5.30. The summed E-state index contributed by atoms with van der Waals surface area (Å²) in [6, 6.07) is 0. The van der Waals surface area contributed by atoms with Crippen LogP contribution < -0.4 is 0 Å². The molecule has 0 saturated carbocycles. The molecule has 0 aromatic rings. The highest BCUT2D eigenvalue weighted by molar-refractivity contribution is 5.80. The Bertz CT molecular complexity index is 196. The lowest BCUT2D eigenvalue weighted by Crippen LogP contribution is -2.46. The highest BCUT2D eigenvalue weighted by Gasteiger charge is 2.26. The van der Waals surface area contributed by atoms with E-state index in [2.05, 4.69) is 0 Å². The van der Waals surface area contributed by atoms with E-state index in [1.165, 1.54) is 0 Å². The summed E-state index contributed by atoms with van der Waals surface area (Å²) in [5.41, 5.74) is 0. The predicted octanol–water partition coefficient (Wildman–Crippen LogP) is 0.131. The molecule has 4 heteroatoms. The molecule has 0 aromatic heterocycles. The second-order valence-electron chi connectivity index (χ2n) is 3.88. The monoisotopic (exact) mass is 201 g/mol. The van der Waals surface area contributed by atoms with Gasteiger partial charge in [0.05, 0.1) is 6.10 Å². The normalized spacial score (nSPS) is 24.8. The molecule has 1 heterocycles. The molecule has 82 valence electrons. The fraction of sp³-hybridized carbons (Fsp3) is 0.900. The first-order chi connectivity index (χ1) is 6.65. The van der Waals surface area contributed by atoms with Crippen molar-refractivity contribution in [2.75, 3.05) is 13.1 Å². The van der Waals surface area contributed by atoms with E-state index in [0.29, 0.717) is 19.5 Å². The van der Waals surface area contributed by atoms with Crippen LogP contribution in [0.25, 0.3) is 0 Å². The minimum absolute atomic E-state index is 0.231. The van der Waals surface area contributed by atoms with Crippen molar-refractivity contribution in [3.63, 3.8) is 0 Å². The molecule has 0 bridgehead atoms. The van der Waals surface area contributed by atoms with E-state index in [0.717, 1.165) is 19.3 Å². The summed E-state index contributed by atoms with van der Waals surface area (Å²) in [5.74, 6) is -0.231. The maximum absolute atomic E-state index is 11.6. The van der Waals surface area contributed by atoms with E-state index in [1.807, 2.05) is 6.92 Å². The number of carbonyl (C=O) groups excluding carboxylic acids is 1. The molecule has 1 amide bonds. The fourth-order valence-electron chi connectivity index (χ4n) is 1.76. The maximum Gasteiger partial charge on any atom is 0.251 e. The van der Waals surface area contributed by atoms with Gasteiger partial charge >= 0.3 is 0 Å². The van der Waals surface area contributed by atoms with Gasteiger partial charge in [0.25, 0.3) is 5.91 Å². The van der Waals surface area contributed by atoms with Gasteiger partial charge in [-0.15, -0.1) is 0 Å². The fourth-order valence-corrected chi connectivity index (χ4v) is 1.76. The number of aliphatic hydroxyl groups excluding tert-OH is 2. The standard InChI is InChI=1S/C10H19NO3/c1-2-4-9(13)10(14)11-6-3-5-8(12)7-11/h8-9,12-13H,2-7H2,1H3. The van der Waals surface area contributed by atoms with Gasteiger partial charge in [-0.3, -0.25) is 4.79 Å². The largest absolute Gasteiger partial charge is 0.391 e. The molecule has 1 aliphatic heterocycles. The van der Waals surface area contributed by atoms with Gasteiger partial charge in [0.2, 0.25) is 0 Å². The topological polar surface area (TPSA) is 60.8 Å². The molecule has 2 unspecified atom stereocenters. The summed E-state index contributed by atoms with van der Waals surface area (Å²) in [6.45, 7) is 2.97. The number of amides is 1. The Balaban J connectivity index is 2.42. The smallest absolute Gasteiger partial charge is 0.251 e. The van der Waals surface area contributed by atoms with Crippen LogP contribution in [0.2, 0.25) is 0 Å². The lowest BCUT2D eigenvalue weighted by atomic mass is 10.1. The van der Waals surface area contributed by atoms with Gasteiger partial charge < -0.3 is 15.1 Å². The second-order valence-corrected chi connectivity index (χ2v) is 3.88. The zero-order chi connectivity index (χ0) is 10.6. The minimum Gasteiger partial charge on any atom is -0.391 e. The summed E-state index contributed by atoms with van der Waals surface area (Å²) in [4.78, 5) is 13.2. The summed E-state index contributed by atoms with van der Waals surface area (Å²) in [7, 11) is 0. The van der Waals surface area contributed by atoms with Crippen molar-refractivity contribution in [2.45, 2.75) is 44.8 Å². The van der Waals surface area contributed by atoms with Crippen LogP contribution in [-0.4, -0.2) is 46.3 Å². The maximum atomic E-state index is 11.6. The third-order valence-corrected chi connectivity index (χ3v) is 2.56. The van der Waals surface area contributed by atoms with E-state index in [9.17, 15) is 15.0 Å². The molecular formula is C10H19NO3. The van der Waals surface area contributed by atoms with E-state index >= 15 is 0 Å². The second kappa shape index (κ2) is 5.32. The predicted molar refractivity (Wildman–Crippen MR) is 52.7 cm³/mol. The van der Waals surface area contributed by atoms with Gasteiger partial charge in [-0.05, 0) is 19.3 Å². The highest BCUT2D eigenvalue weighted by atomic mass is 16.3. The van der Waals surface area contributed by atoms with Crippen molar-refractivity contribution in [3.8, 4) is 0 Å². The van der Waals surface area contributed by atoms with Crippen molar-refractivity contribution in [1.82, 2.24) is 4.90 Å². The number of hydrogen-bond donors (Lipinski definition) is 2. The molecular weight excluding hydrogens is 182 g/mol. The number of carbonyl (C=O) groups is 1. The van der Waals surface area contributed by atoms with Gasteiger partial charge in [0, 0.05) is 13.1 Å². The van der Waals surface area contributed by atoms with Gasteiger partial charge in [-0.25, -0.2) is 0 Å². The number of rotatable bonds is 3. The third-order valence-electron chi connectivity index (χ3n) is 2.56. The van der Waals surface area contributed by atoms with Crippen molar-refractivity contribution in [2.24, 2.45) is 0 Å². The molecule has 1 saturated heterocycles. The van der Waals surface area contributed by atoms with Crippen molar-refractivity contribution in [1.29, 1.82) is 0 Å². The summed E-state index contributed by atoms with van der Waals surface area (Å²) in [6.07, 6.45) is 1.58. The minimum atomic E-state index is -0.884. The van der Waals surface area contributed by atoms with E-state index in [1.54, 1.807) is 4.90 Å². The average Bonchev–Trinajstić information content (AvgIpc) is 2.17. The van der Waals surface area contributed by atoms with Crippen LogP contribution in [0.5, 0.6) is 0 Å². The summed E-state index contributed by atoms with van der Waals surface area (Å²) in [5, 5.41) is 18.8. The molecule has 0 aromatic carbocycles. The van der Waals surface area contributed by atoms with Gasteiger partial charge in [-0.2, -0.15) is 0 Å². The zero-order valence-corrected chi connectivity index (χ0v) is 8.65. The molecule has 14 heavy (non-hydrogen) atoms. The average molecular weight is 201 g/mol. The van der Waals surface area contributed by atoms with Crippen LogP contribution >= 0.6 is 0 Å². The lowest BCUT2D eigenvalue weighted by molar-refractivity contribution is -0.143. The summed E-state index contributed by atoms with van der Waals surface area (Å²) >= 11 is 0. The van der Waals surface area contributed by atoms with E-state index in [4.69, 9.17) is 0 Å². The first kappa shape index (κ1) is 11.5. The number of piperidine rings is 1. The molecule has 1 aliphatic rings. The molecule has 0 aliphatic carbocycles. The van der Waals surface area contributed by atoms with Crippen LogP contribution in [0.4, 0.5) is 0 Å². The van der Waals surface area contributed by atoms with Crippen molar-refractivity contribution in [3.05, 3.63) is 0 Å². The zero-order valence-electron chi connectivity index (χ0n) is 8.65. The first-order valence-corrected chi connectivity index (χ1v) is 5.30. The third kappa shape index (κ3) is 2.96. The Labute approximate surface area is 84.5 Å². The Morgan fingerprint density at radius 1 is 1.64 bits per heavy atom. The number of β-amino-alcohol motifs (C(OH)–C–C–N with tert-alkyl or cyclic N) is 1.